The Bertz CT molecular complexity index is 181. The van der Waals surface area contributed by atoms with Crippen LogP contribution in [-0.4, -0.2) is 23.3 Å². The molecule has 0 saturated heterocycles. The molecule has 0 bridgehead atoms. The minimum Gasteiger partial charge on any atom is -0.393 e. The second-order valence-electron chi connectivity index (χ2n) is 5.47. The highest BCUT2D eigenvalue weighted by molar-refractivity contribution is 4.92. The van der Waals surface area contributed by atoms with Gasteiger partial charge in [-0.05, 0) is 64.3 Å². The summed E-state index contributed by atoms with van der Waals surface area (Å²) < 4.78 is 0. The van der Waals surface area contributed by atoms with E-state index in [0.29, 0.717) is 5.54 Å². The van der Waals surface area contributed by atoms with E-state index in [1.54, 1.807) is 0 Å². The Morgan fingerprint density at radius 1 is 1.21 bits per heavy atom. The molecule has 2 N–H and O–H groups in total. The molecule has 0 aromatic carbocycles. The summed E-state index contributed by atoms with van der Waals surface area (Å²) in [5.74, 6) is 0.816. The maximum Gasteiger partial charge on any atom is 0.0540 e. The molecule has 2 nitrogen and oxygen atoms in total. The molecule has 2 heteroatoms. The molecule has 82 valence electrons. The number of hydrogen-bond acceptors (Lipinski definition) is 2. The summed E-state index contributed by atoms with van der Waals surface area (Å²) in [5, 5.41) is 13.1. The van der Waals surface area contributed by atoms with Crippen molar-refractivity contribution in [3.63, 3.8) is 0 Å². The summed E-state index contributed by atoms with van der Waals surface area (Å²) in [5.41, 5.74) is 0.454. The van der Waals surface area contributed by atoms with Crippen molar-refractivity contribution in [3.05, 3.63) is 0 Å². The van der Waals surface area contributed by atoms with Crippen LogP contribution in [0.25, 0.3) is 0 Å². The standard InChI is InChI=1S/C12H23NO/c1-12(7-2-8-12)13-9-10-3-5-11(14)6-4-10/h10-11,13-14H,2-9H2,1H3. The maximum atomic E-state index is 9.39. The summed E-state index contributed by atoms with van der Waals surface area (Å²) in [6, 6.07) is 0. The van der Waals surface area contributed by atoms with Gasteiger partial charge >= 0.3 is 0 Å². The highest BCUT2D eigenvalue weighted by Gasteiger charge is 2.31. The van der Waals surface area contributed by atoms with Gasteiger partial charge in [0.2, 0.25) is 0 Å². The Morgan fingerprint density at radius 3 is 2.36 bits per heavy atom. The molecule has 0 unspecified atom stereocenters. The van der Waals surface area contributed by atoms with E-state index in [1.165, 1.54) is 38.6 Å². The molecule has 2 aliphatic carbocycles. The van der Waals surface area contributed by atoms with Crippen molar-refractivity contribution < 1.29 is 5.11 Å². The third kappa shape index (κ3) is 2.48. The maximum absolute atomic E-state index is 9.39. The highest BCUT2D eigenvalue weighted by Crippen LogP contribution is 2.32. The van der Waals surface area contributed by atoms with Crippen molar-refractivity contribution in [3.8, 4) is 0 Å². The van der Waals surface area contributed by atoms with Gasteiger partial charge in [-0.3, -0.25) is 0 Å². The van der Waals surface area contributed by atoms with E-state index in [1.807, 2.05) is 0 Å². The van der Waals surface area contributed by atoms with Crippen molar-refractivity contribution in [1.82, 2.24) is 5.32 Å². The molecule has 0 amide bonds. The quantitative estimate of drug-likeness (QED) is 0.726. The topological polar surface area (TPSA) is 32.3 Å². The van der Waals surface area contributed by atoms with E-state index in [-0.39, 0.29) is 6.10 Å². The SMILES string of the molecule is CC1(NCC2CCC(O)CC2)CCC1. The molecule has 2 rings (SSSR count). The van der Waals surface area contributed by atoms with E-state index < -0.39 is 0 Å². The average Bonchev–Trinajstić information content (AvgIpc) is 2.14. The van der Waals surface area contributed by atoms with Gasteiger partial charge in [-0.1, -0.05) is 0 Å². The fourth-order valence-electron chi connectivity index (χ4n) is 2.62. The van der Waals surface area contributed by atoms with Crippen LogP contribution in [0, 0.1) is 5.92 Å². The van der Waals surface area contributed by atoms with Crippen LogP contribution in [0.4, 0.5) is 0 Å². The van der Waals surface area contributed by atoms with E-state index in [2.05, 4.69) is 12.2 Å². The molecule has 0 atom stereocenters. The lowest BCUT2D eigenvalue weighted by Gasteiger charge is -2.41. The Balaban J connectivity index is 1.65. The molecular formula is C12H23NO. The van der Waals surface area contributed by atoms with Gasteiger partial charge < -0.3 is 10.4 Å². The van der Waals surface area contributed by atoms with Crippen LogP contribution in [-0.2, 0) is 0 Å². The number of nitrogens with one attached hydrogen (secondary N) is 1. The zero-order chi connectivity index (χ0) is 10.0. The first-order chi connectivity index (χ1) is 6.68. The Labute approximate surface area is 87.1 Å². The van der Waals surface area contributed by atoms with Crippen LogP contribution in [0.15, 0.2) is 0 Å². The molecular weight excluding hydrogens is 174 g/mol. The lowest BCUT2D eigenvalue weighted by Crippen LogP contribution is -2.50. The van der Waals surface area contributed by atoms with Crippen molar-refractivity contribution in [2.75, 3.05) is 6.54 Å². The highest BCUT2D eigenvalue weighted by atomic mass is 16.3. The van der Waals surface area contributed by atoms with Gasteiger partial charge in [0.25, 0.3) is 0 Å². The van der Waals surface area contributed by atoms with Gasteiger partial charge in [-0.25, -0.2) is 0 Å². The monoisotopic (exact) mass is 197 g/mol. The third-order valence-electron chi connectivity index (χ3n) is 4.09. The molecule has 0 radical (unpaired) electrons. The minimum atomic E-state index is -0.00876. The summed E-state index contributed by atoms with van der Waals surface area (Å²) in [7, 11) is 0. The third-order valence-corrected chi connectivity index (χ3v) is 4.09. The molecule has 0 aliphatic heterocycles. The van der Waals surface area contributed by atoms with Crippen molar-refractivity contribution in [2.24, 2.45) is 5.92 Å². The van der Waals surface area contributed by atoms with Gasteiger partial charge in [-0.15, -0.1) is 0 Å². The lowest BCUT2D eigenvalue weighted by atomic mass is 9.77. The molecule has 2 saturated carbocycles. The first-order valence-corrected chi connectivity index (χ1v) is 6.11. The smallest absolute Gasteiger partial charge is 0.0540 e. The largest absolute Gasteiger partial charge is 0.393 e. The number of hydrogen-bond donors (Lipinski definition) is 2. The molecule has 0 aromatic heterocycles. The molecule has 0 heterocycles. The zero-order valence-corrected chi connectivity index (χ0v) is 9.26. The van der Waals surface area contributed by atoms with E-state index >= 15 is 0 Å². The molecule has 2 fully saturated rings. The van der Waals surface area contributed by atoms with Crippen LogP contribution >= 0.6 is 0 Å². The van der Waals surface area contributed by atoms with E-state index in [4.69, 9.17) is 0 Å². The van der Waals surface area contributed by atoms with E-state index in [0.717, 1.165) is 18.8 Å². The average molecular weight is 197 g/mol. The summed E-state index contributed by atoms with van der Waals surface area (Å²) in [6.07, 6.45) is 8.54. The first-order valence-electron chi connectivity index (χ1n) is 6.11. The normalized spacial score (nSPS) is 36.4. The fraction of sp³-hybridized carbons (Fsp3) is 1.00. The second-order valence-corrected chi connectivity index (χ2v) is 5.47. The molecule has 2 aliphatic rings. The summed E-state index contributed by atoms with van der Waals surface area (Å²) >= 11 is 0. The lowest BCUT2D eigenvalue weighted by molar-refractivity contribution is 0.101. The summed E-state index contributed by atoms with van der Waals surface area (Å²) in [4.78, 5) is 0. The Morgan fingerprint density at radius 2 is 1.86 bits per heavy atom. The molecule has 0 aromatic rings. The Kier molecular flexibility index (Phi) is 3.13. The second kappa shape index (κ2) is 4.19. The van der Waals surface area contributed by atoms with Crippen LogP contribution in [0.5, 0.6) is 0 Å². The van der Waals surface area contributed by atoms with Crippen LogP contribution in [0.2, 0.25) is 0 Å². The van der Waals surface area contributed by atoms with Gasteiger partial charge in [0.05, 0.1) is 6.10 Å². The predicted molar refractivity (Wildman–Crippen MR) is 58.2 cm³/mol. The van der Waals surface area contributed by atoms with Gasteiger partial charge in [0, 0.05) is 5.54 Å². The minimum absolute atomic E-state index is 0.00876. The fourth-order valence-corrected chi connectivity index (χ4v) is 2.62. The van der Waals surface area contributed by atoms with Crippen molar-refractivity contribution in [1.29, 1.82) is 0 Å². The Hall–Kier alpha value is -0.0800. The van der Waals surface area contributed by atoms with Crippen LogP contribution in [0.1, 0.15) is 51.9 Å². The van der Waals surface area contributed by atoms with Crippen molar-refractivity contribution >= 4 is 0 Å². The van der Waals surface area contributed by atoms with Gasteiger partial charge in [0.1, 0.15) is 0 Å². The molecule has 0 spiro atoms. The molecule has 14 heavy (non-hydrogen) atoms. The van der Waals surface area contributed by atoms with Gasteiger partial charge in [0.15, 0.2) is 0 Å². The van der Waals surface area contributed by atoms with E-state index in [9.17, 15) is 5.11 Å². The number of aliphatic hydroxyl groups excluding tert-OH is 1. The van der Waals surface area contributed by atoms with Crippen LogP contribution < -0.4 is 5.32 Å². The first kappa shape index (κ1) is 10.4. The predicted octanol–water partition coefficient (Wildman–Crippen LogP) is 2.07. The number of aliphatic hydroxyl groups is 1. The zero-order valence-electron chi connectivity index (χ0n) is 9.26. The van der Waals surface area contributed by atoms with Crippen LogP contribution in [0.3, 0.4) is 0 Å². The number of rotatable bonds is 3. The van der Waals surface area contributed by atoms with Crippen molar-refractivity contribution in [2.45, 2.75) is 63.5 Å². The summed E-state index contributed by atoms with van der Waals surface area (Å²) in [6.45, 7) is 3.51. The van der Waals surface area contributed by atoms with Gasteiger partial charge in [-0.2, -0.15) is 0 Å².